The van der Waals surface area contributed by atoms with E-state index in [1.54, 1.807) is 6.92 Å². The monoisotopic (exact) mass is 425 g/mol. The van der Waals surface area contributed by atoms with Crippen molar-refractivity contribution in [2.45, 2.75) is 57.5 Å². The third kappa shape index (κ3) is 5.61. The SMILES string of the molecule is Cc1ccc(F)cc1S(=O)(=O)N1CCC(OCCc2noc(CC(C)C)n2)CC1. The van der Waals surface area contributed by atoms with Crippen LogP contribution in [0.3, 0.4) is 0 Å². The first-order chi connectivity index (χ1) is 13.8. The standard InChI is InChI=1S/C20H28FN3O4S/c1-14(2)12-20-22-19(23-28-20)8-11-27-17-6-9-24(10-7-17)29(25,26)18-13-16(21)5-4-15(18)3/h4-5,13-14,17H,6-12H2,1-3H3. The molecule has 0 unspecified atom stereocenters. The molecule has 1 aliphatic heterocycles. The summed E-state index contributed by atoms with van der Waals surface area (Å²) < 4.78 is 51.7. The number of ether oxygens (including phenoxy) is 1. The molecule has 0 amide bonds. The van der Waals surface area contributed by atoms with E-state index in [-0.39, 0.29) is 11.0 Å². The number of sulfonamides is 1. The average Bonchev–Trinajstić information content (AvgIpc) is 3.10. The highest BCUT2D eigenvalue weighted by Crippen LogP contribution is 2.25. The molecule has 160 valence electrons. The van der Waals surface area contributed by atoms with Gasteiger partial charge in [-0.25, -0.2) is 12.8 Å². The van der Waals surface area contributed by atoms with Gasteiger partial charge in [0.2, 0.25) is 15.9 Å². The number of hydrogen-bond donors (Lipinski definition) is 0. The van der Waals surface area contributed by atoms with Crippen molar-refractivity contribution in [2.24, 2.45) is 5.92 Å². The molecule has 0 spiro atoms. The summed E-state index contributed by atoms with van der Waals surface area (Å²) in [6, 6.07) is 3.85. The second-order valence-corrected chi connectivity index (χ2v) is 9.74. The molecule has 0 bridgehead atoms. The Morgan fingerprint density at radius 1 is 1.31 bits per heavy atom. The van der Waals surface area contributed by atoms with E-state index < -0.39 is 15.8 Å². The molecule has 0 saturated carbocycles. The summed E-state index contributed by atoms with van der Waals surface area (Å²) in [6.07, 6.45) is 2.49. The summed E-state index contributed by atoms with van der Waals surface area (Å²) in [5, 5.41) is 3.96. The van der Waals surface area contributed by atoms with Crippen molar-refractivity contribution in [3.8, 4) is 0 Å². The number of rotatable bonds is 8. The number of benzene rings is 1. The van der Waals surface area contributed by atoms with Crippen molar-refractivity contribution in [3.05, 3.63) is 41.3 Å². The van der Waals surface area contributed by atoms with E-state index >= 15 is 0 Å². The maximum Gasteiger partial charge on any atom is 0.243 e. The van der Waals surface area contributed by atoms with Gasteiger partial charge in [-0.15, -0.1) is 0 Å². The Kier molecular flexibility index (Phi) is 7.02. The molecule has 1 saturated heterocycles. The molecule has 1 aromatic heterocycles. The lowest BCUT2D eigenvalue weighted by atomic mass is 10.1. The van der Waals surface area contributed by atoms with Crippen molar-refractivity contribution in [1.29, 1.82) is 0 Å². The van der Waals surface area contributed by atoms with E-state index in [4.69, 9.17) is 9.26 Å². The van der Waals surface area contributed by atoms with E-state index in [1.807, 2.05) is 0 Å². The van der Waals surface area contributed by atoms with E-state index in [0.717, 1.165) is 12.5 Å². The van der Waals surface area contributed by atoms with Crippen molar-refractivity contribution < 1.29 is 22.1 Å². The summed E-state index contributed by atoms with van der Waals surface area (Å²) in [5.74, 6) is 1.17. The third-order valence-corrected chi connectivity index (χ3v) is 6.98. The van der Waals surface area contributed by atoms with Crippen molar-refractivity contribution >= 4 is 10.0 Å². The Bertz CT molecular complexity index is 922. The molecule has 29 heavy (non-hydrogen) atoms. The van der Waals surface area contributed by atoms with Gasteiger partial charge in [0, 0.05) is 25.9 Å². The lowest BCUT2D eigenvalue weighted by Crippen LogP contribution is -2.41. The molecule has 1 aliphatic rings. The number of hydrogen-bond acceptors (Lipinski definition) is 6. The lowest BCUT2D eigenvalue weighted by Gasteiger charge is -2.31. The zero-order valence-corrected chi connectivity index (χ0v) is 17.9. The van der Waals surface area contributed by atoms with Crippen LogP contribution in [0.5, 0.6) is 0 Å². The van der Waals surface area contributed by atoms with Gasteiger partial charge in [-0.3, -0.25) is 0 Å². The van der Waals surface area contributed by atoms with Crippen LogP contribution in [-0.2, 0) is 27.6 Å². The van der Waals surface area contributed by atoms with E-state index in [0.29, 0.717) is 62.2 Å². The minimum Gasteiger partial charge on any atom is -0.378 e. The van der Waals surface area contributed by atoms with Crippen LogP contribution in [-0.4, -0.2) is 48.7 Å². The zero-order chi connectivity index (χ0) is 21.0. The number of piperidine rings is 1. The van der Waals surface area contributed by atoms with Crippen LogP contribution in [0.1, 0.15) is 44.0 Å². The molecule has 9 heteroatoms. The fourth-order valence-corrected chi connectivity index (χ4v) is 5.08. The van der Waals surface area contributed by atoms with E-state index in [2.05, 4.69) is 24.0 Å². The first-order valence-corrected chi connectivity index (χ1v) is 11.4. The number of halogens is 1. The van der Waals surface area contributed by atoms with Gasteiger partial charge in [0.05, 0.1) is 17.6 Å². The molecular weight excluding hydrogens is 397 g/mol. The molecule has 1 aromatic carbocycles. The molecule has 0 radical (unpaired) electrons. The molecule has 0 atom stereocenters. The molecule has 7 nitrogen and oxygen atoms in total. The smallest absolute Gasteiger partial charge is 0.243 e. The van der Waals surface area contributed by atoms with Gasteiger partial charge in [-0.1, -0.05) is 25.1 Å². The summed E-state index contributed by atoms with van der Waals surface area (Å²) in [7, 11) is -3.70. The molecule has 2 aromatic rings. The minimum absolute atomic E-state index is 0.0166. The van der Waals surface area contributed by atoms with Crippen LogP contribution in [0.4, 0.5) is 4.39 Å². The highest BCUT2D eigenvalue weighted by Gasteiger charge is 2.31. The topological polar surface area (TPSA) is 85.5 Å². The van der Waals surface area contributed by atoms with Gasteiger partial charge in [0.25, 0.3) is 0 Å². The van der Waals surface area contributed by atoms with Crippen LogP contribution >= 0.6 is 0 Å². The molecular formula is C20H28FN3O4S. The largest absolute Gasteiger partial charge is 0.378 e. The second-order valence-electron chi connectivity index (χ2n) is 7.84. The molecule has 3 rings (SSSR count). The highest BCUT2D eigenvalue weighted by atomic mass is 32.2. The Morgan fingerprint density at radius 2 is 2.03 bits per heavy atom. The third-order valence-electron chi connectivity index (χ3n) is 4.94. The summed E-state index contributed by atoms with van der Waals surface area (Å²) in [4.78, 5) is 4.38. The maximum absolute atomic E-state index is 13.5. The quantitative estimate of drug-likeness (QED) is 0.646. The van der Waals surface area contributed by atoms with Crippen LogP contribution in [0, 0.1) is 18.7 Å². The second kappa shape index (κ2) is 9.32. The van der Waals surface area contributed by atoms with Gasteiger partial charge < -0.3 is 9.26 Å². The fraction of sp³-hybridized carbons (Fsp3) is 0.600. The molecule has 0 aliphatic carbocycles. The molecule has 2 heterocycles. The molecule has 1 fully saturated rings. The number of nitrogens with zero attached hydrogens (tertiary/aromatic N) is 3. The summed E-state index contributed by atoms with van der Waals surface area (Å²) >= 11 is 0. The predicted octanol–water partition coefficient (Wildman–Crippen LogP) is 3.13. The molecule has 0 N–H and O–H groups in total. The van der Waals surface area contributed by atoms with Crippen LogP contribution in [0.2, 0.25) is 0 Å². The average molecular weight is 426 g/mol. The van der Waals surface area contributed by atoms with Crippen molar-refractivity contribution in [1.82, 2.24) is 14.4 Å². The van der Waals surface area contributed by atoms with Gasteiger partial charge in [0.1, 0.15) is 5.82 Å². The Labute approximate surface area is 171 Å². The van der Waals surface area contributed by atoms with Crippen LogP contribution in [0.25, 0.3) is 0 Å². The van der Waals surface area contributed by atoms with Crippen molar-refractivity contribution in [3.63, 3.8) is 0 Å². The number of aryl methyl sites for hydroxylation is 1. The Hall–Kier alpha value is -1.84. The predicted molar refractivity (Wildman–Crippen MR) is 105 cm³/mol. The fourth-order valence-electron chi connectivity index (χ4n) is 3.37. The van der Waals surface area contributed by atoms with Gasteiger partial charge in [-0.2, -0.15) is 9.29 Å². The van der Waals surface area contributed by atoms with Gasteiger partial charge in [0.15, 0.2) is 5.82 Å². The minimum atomic E-state index is -3.70. The van der Waals surface area contributed by atoms with E-state index in [1.165, 1.54) is 16.4 Å². The highest BCUT2D eigenvalue weighted by molar-refractivity contribution is 7.89. The van der Waals surface area contributed by atoms with Crippen LogP contribution < -0.4 is 0 Å². The zero-order valence-electron chi connectivity index (χ0n) is 17.1. The first kappa shape index (κ1) is 21.9. The first-order valence-electron chi connectivity index (χ1n) is 9.95. The lowest BCUT2D eigenvalue weighted by molar-refractivity contribution is 0.0222. The van der Waals surface area contributed by atoms with Gasteiger partial charge >= 0.3 is 0 Å². The van der Waals surface area contributed by atoms with Crippen LogP contribution in [0.15, 0.2) is 27.6 Å². The Balaban J connectivity index is 1.48. The number of aromatic nitrogens is 2. The van der Waals surface area contributed by atoms with E-state index in [9.17, 15) is 12.8 Å². The van der Waals surface area contributed by atoms with Crippen molar-refractivity contribution in [2.75, 3.05) is 19.7 Å². The summed E-state index contributed by atoms with van der Waals surface area (Å²) in [6.45, 7) is 7.02. The van der Waals surface area contributed by atoms with Gasteiger partial charge in [-0.05, 0) is 43.4 Å². The maximum atomic E-state index is 13.5. The summed E-state index contributed by atoms with van der Waals surface area (Å²) in [5.41, 5.74) is 0.543. The Morgan fingerprint density at radius 3 is 2.72 bits per heavy atom. The normalized spacial score (nSPS) is 16.6.